The van der Waals surface area contributed by atoms with Crippen molar-refractivity contribution in [1.29, 1.82) is 0 Å². The third-order valence-electron chi connectivity index (χ3n) is 6.66. The maximum atomic E-state index is 13.4. The van der Waals surface area contributed by atoms with Gasteiger partial charge in [0.15, 0.2) is 0 Å². The van der Waals surface area contributed by atoms with Gasteiger partial charge in [-0.1, -0.05) is 34.1 Å². The van der Waals surface area contributed by atoms with Crippen LogP contribution in [0, 0.1) is 35.5 Å². The molecule has 46 heavy (non-hydrogen) atoms. The smallest absolute Gasteiger partial charge is 0.408 e. The first-order chi connectivity index (χ1) is 21.4. The van der Waals surface area contributed by atoms with E-state index in [0.29, 0.717) is 6.42 Å². The van der Waals surface area contributed by atoms with Gasteiger partial charge in [-0.25, -0.2) is 9.59 Å². The van der Waals surface area contributed by atoms with Gasteiger partial charge >= 0.3 is 12.1 Å². The maximum absolute atomic E-state index is 13.4. The van der Waals surface area contributed by atoms with Crippen molar-refractivity contribution in [1.82, 2.24) is 26.6 Å². The predicted molar refractivity (Wildman–Crippen MR) is 174 cm³/mol. The summed E-state index contributed by atoms with van der Waals surface area (Å²) >= 11 is 0. The van der Waals surface area contributed by atoms with Gasteiger partial charge in [0.05, 0.1) is 7.11 Å². The standard InChI is InChI=1S/C33H53N5O8/c1-12-15-17-23(37-32(44)46-33(8,9)10)28(40)38-26(21(6)14-3)30(42)34-22(7)27(39)36-25(19-20(4)5)29(41)35-24(18-16-13-2)31(43)45-11/h20-26H,14,17-19H2,1-11H3,(H,34,42)(H,35,41)(H,36,39)(H,37,44)(H,38,40)/t21-,22-,23-,24-,25-,26-/m0/s1. The zero-order valence-electron chi connectivity index (χ0n) is 29.1. The number of carbonyl (C=O) groups excluding carboxylic acids is 6. The van der Waals surface area contributed by atoms with Gasteiger partial charge in [0.1, 0.15) is 35.8 Å². The molecule has 5 N–H and O–H groups in total. The maximum Gasteiger partial charge on any atom is 0.408 e. The fraction of sp³-hybridized carbons (Fsp3) is 0.697. The number of hydrogen-bond donors (Lipinski definition) is 5. The first-order valence-electron chi connectivity index (χ1n) is 15.5. The Morgan fingerprint density at radius 1 is 0.696 bits per heavy atom. The van der Waals surface area contributed by atoms with Crippen molar-refractivity contribution < 1.29 is 38.2 Å². The fourth-order valence-corrected chi connectivity index (χ4v) is 4.00. The van der Waals surface area contributed by atoms with Gasteiger partial charge in [0.2, 0.25) is 23.6 Å². The number of nitrogens with one attached hydrogen (secondary N) is 5. The highest BCUT2D eigenvalue weighted by Crippen LogP contribution is 2.12. The van der Waals surface area contributed by atoms with E-state index in [1.807, 2.05) is 20.8 Å². The van der Waals surface area contributed by atoms with Crippen LogP contribution in [0.4, 0.5) is 4.79 Å². The number of carbonyl (C=O) groups is 6. The molecule has 0 heterocycles. The van der Waals surface area contributed by atoms with Crippen LogP contribution in [0.5, 0.6) is 0 Å². The second-order valence-electron chi connectivity index (χ2n) is 12.3. The molecule has 0 bridgehead atoms. The number of ether oxygens (including phenoxy) is 2. The Labute approximate surface area is 273 Å². The van der Waals surface area contributed by atoms with Crippen LogP contribution in [-0.4, -0.2) is 78.6 Å². The molecule has 0 aliphatic carbocycles. The minimum atomic E-state index is -1.10. The lowest BCUT2D eigenvalue weighted by Crippen LogP contribution is -2.59. The number of rotatable bonds is 16. The SMILES string of the molecule is CC#CC[C@H](NC(=O)OC(C)(C)C)C(=O)N[C@H](C(=O)N[C@@H](C)C(=O)N[C@@H](CC(C)C)C(=O)N[C@@H](CC#CC)C(=O)OC)[C@@H](C)CC. The first kappa shape index (κ1) is 41.7. The topological polar surface area (TPSA) is 181 Å². The van der Waals surface area contributed by atoms with E-state index in [2.05, 4.69) is 50.3 Å². The van der Waals surface area contributed by atoms with Crippen molar-refractivity contribution in [2.24, 2.45) is 11.8 Å². The van der Waals surface area contributed by atoms with Gasteiger partial charge in [-0.15, -0.1) is 23.7 Å². The van der Waals surface area contributed by atoms with Crippen LogP contribution in [0.3, 0.4) is 0 Å². The Balaban J connectivity index is 5.80. The van der Waals surface area contributed by atoms with Crippen LogP contribution >= 0.6 is 0 Å². The third-order valence-corrected chi connectivity index (χ3v) is 6.66. The molecule has 0 aromatic heterocycles. The van der Waals surface area contributed by atoms with Crippen molar-refractivity contribution in [2.45, 2.75) is 131 Å². The van der Waals surface area contributed by atoms with E-state index in [9.17, 15) is 28.8 Å². The third kappa shape index (κ3) is 16.2. The summed E-state index contributed by atoms with van der Waals surface area (Å²) in [6.45, 7) is 17.1. The molecule has 0 aromatic carbocycles. The van der Waals surface area contributed by atoms with Crippen molar-refractivity contribution in [3.8, 4) is 23.7 Å². The average Bonchev–Trinajstić information content (AvgIpc) is 2.97. The van der Waals surface area contributed by atoms with E-state index in [0.717, 1.165) is 0 Å². The quantitative estimate of drug-likeness (QED) is 0.124. The van der Waals surface area contributed by atoms with Gasteiger partial charge in [-0.2, -0.15) is 0 Å². The largest absolute Gasteiger partial charge is 0.467 e. The number of hydrogen-bond acceptors (Lipinski definition) is 8. The Kier molecular flexibility index (Phi) is 18.8. The first-order valence-corrected chi connectivity index (χ1v) is 15.5. The zero-order chi connectivity index (χ0) is 35.6. The molecule has 0 saturated heterocycles. The van der Waals surface area contributed by atoms with E-state index in [-0.39, 0.29) is 31.1 Å². The normalized spacial score (nSPS) is 14.6. The molecular weight excluding hydrogens is 594 g/mol. The van der Waals surface area contributed by atoms with E-state index < -0.39 is 71.5 Å². The minimum Gasteiger partial charge on any atom is -0.467 e. The summed E-state index contributed by atoms with van der Waals surface area (Å²) in [6, 6.07) is -5.29. The van der Waals surface area contributed by atoms with Crippen LogP contribution in [-0.2, 0) is 33.4 Å². The van der Waals surface area contributed by atoms with E-state index in [1.54, 1.807) is 41.5 Å². The summed E-state index contributed by atoms with van der Waals surface area (Å²) < 4.78 is 10.0. The van der Waals surface area contributed by atoms with Crippen molar-refractivity contribution in [3.05, 3.63) is 0 Å². The lowest BCUT2D eigenvalue weighted by atomic mass is 9.97. The lowest BCUT2D eigenvalue weighted by molar-refractivity contribution is -0.145. The van der Waals surface area contributed by atoms with Crippen LogP contribution in [0.25, 0.3) is 0 Å². The fourth-order valence-electron chi connectivity index (χ4n) is 4.00. The summed E-state index contributed by atoms with van der Waals surface area (Å²) in [5.41, 5.74) is -0.793. The second-order valence-corrected chi connectivity index (χ2v) is 12.3. The molecule has 258 valence electrons. The highest BCUT2D eigenvalue weighted by atomic mass is 16.6. The molecule has 0 aliphatic rings. The van der Waals surface area contributed by atoms with Crippen LogP contribution in [0.1, 0.15) is 94.9 Å². The molecule has 5 amide bonds. The van der Waals surface area contributed by atoms with Gasteiger partial charge in [0, 0.05) is 12.8 Å². The van der Waals surface area contributed by atoms with E-state index in [4.69, 9.17) is 9.47 Å². The monoisotopic (exact) mass is 647 g/mol. The Morgan fingerprint density at radius 2 is 1.22 bits per heavy atom. The molecule has 0 fully saturated rings. The molecule has 13 nitrogen and oxygen atoms in total. The Morgan fingerprint density at radius 3 is 1.70 bits per heavy atom. The summed E-state index contributed by atoms with van der Waals surface area (Å²) in [6.07, 6.45) is -0.0269. The molecular formula is C33H53N5O8. The summed E-state index contributed by atoms with van der Waals surface area (Å²) in [5, 5.41) is 13.1. The molecule has 0 spiro atoms. The molecule has 0 radical (unpaired) electrons. The number of esters is 1. The van der Waals surface area contributed by atoms with Crippen LogP contribution in [0.2, 0.25) is 0 Å². The molecule has 0 saturated carbocycles. The summed E-state index contributed by atoms with van der Waals surface area (Å²) in [5.74, 6) is 7.31. The lowest BCUT2D eigenvalue weighted by Gasteiger charge is -2.28. The molecule has 13 heteroatoms. The highest BCUT2D eigenvalue weighted by Gasteiger charge is 2.33. The Hall–Kier alpha value is -4.26. The van der Waals surface area contributed by atoms with E-state index in [1.165, 1.54) is 14.0 Å². The summed E-state index contributed by atoms with van der Waals surface area (Å²) in [4.78, 5) is 77.5. The highest BCUT2D eigenvalue weighted by molar-refractivity contribution is 5.96. The number of amides is 5. The average molecular weight is 648 g/mol. The minimum absolute atomic E-state index is 0.00223. The molecule has 6 atom stereocenters. The van der Waals surface area contributed by atoms with Crippen molar-refractivity contribution >= 4 is 35.7 Å². The zero-order valence-corrected chi connectivity index (χ0v) is 29.1. The van der Waals surface area contributed by atoms with Gasteiger partial charge in [-0.05, 0) is 59.8 Å². The van der Waals surface area contributed by atoms with Gasteiger partial charge in [-0.3, -0.25) is 19.2 Å². The van der Waals surface area contributed by atoms with Gasteiger partial charge in [0.25, 0.3) is 0 Å². The summed E-state index contributed by atoms with van der Waals surface area (Å²) in [7, 11) is 1.20. The molecule has 0 aliphatic heterocycles. The molecule has 0 unspecified atom stereocenters. The van der Waals surface area contributed by atoms with Crippen molar-refractivity contribution in [2.75, 3.05) is 7.11 Å². The molecule has 0 rings (SSSR count). The predicted octanol–water partition coefficient (Wildman–Crippen LogP) is 1.93. The number of methoxy groups -OCH3 is 1. The molecule has 0 aromatic rings. The number of alkyl carbamates (subject to hydrolysis) is 1. The Bertz CT molecular complexity index is 1190. The van der Waals surface area contributed by atoms with Crippen LogP contribution in [0.15, 0.2) is 0 Å². The van der Waals surface area contributed by atoms with Gasteiger partial charge < -0.3 is 36.1 Å². The second kappa shape index (κ2) is 20.7. The van der Waals surface area contributed by atoms with Crippen molar-refractivity contribution in [3.63, 3.8) is 0 Å². The van der Waals surface area contributed by atoms with E-state index >= 15 is 0 Å². The van der Waals surface area contributed by atoms with Crippen LogP contribution < -0.4 is 26.6 Å².